The lowest BCUT2D eigenvalue weighted by Crippen LogP contribution is -2.25. The zero-order valence-corrected chi connectivity index (χ0v) is 16.2. The number of nitrogens with one attached hydrogen (secondary N) is 2. The number of hydrogen-bond donors (Lipinski definition) is 2. The van der Waals surface area contributed by atoms with Gasteiger partial charge in [-0.25, -0.2) is 12.8 Å². The Hall–Kier alpha value is -2.10. The largest absolute Gasteiger partial charge is 0.337 e. The van der Waals surface area contributed by atoms with Gasteiger partial charge in [-0.15, -0.1) is 12.4 Å². The second-order valence-electron chi connectivity index (χ2n) is 6.21. The Balaban J connectivity index is 0.00000280. The van der Waals surface area contributed by atoms with Gasteiger partial charge in [0, 0.05) is 12.1 Å². The third-order valence-electron chi connectivity index (χ3n) is 4.31. The molecule has 0 saturated heterocycles. The lowest BCUT2D eigenvalue weighted by atomic mass is 9.99. The van der Waals surface area contributed by atoms with Crippen molar-refractivity contribution >= 4 is 33.8 Å². The highest BCUT2D eigenvalue weighted by molar-refractivity contribution is 7.90. The van der Waals surface area contributed by atoms with Crippen LogP contribution in [0.5, 0.6) is 0 Å². The fourth-order valence-electron chi connectivity index (χ4n) is 2.87. The van der Waals surface area contributed by atoms with E-state index in [1.54, 1.807) is 6.07 Å². The summed E-state index contributed by atoms with van der Waals surface area (Å²) in [5, 5.41) is 5.63. The molecular formula is C18H18ClF3N2O3S. The van der Waals surface area contributed by atoms with E-state index in [1.165, 1.54) is 30.3 Å². The summed E-state index contributed by atoms with van der Waals surface area (Å²) < 4.78 is 61.9. The standard InChI is InChI=1S/C18H17F3N2O3S.ClH/c19-16-14-7-8-22-9-13(14)5-6-15(16)23-17(24)12-3-1-11(2-4-12)10-27(25,26)18(20)21;/h1-6,18,22H,7-10H2,(H,23,24);1H. The van der Waals surface area contributed by atoms with Crippen molar-refractivity contribution in [1.29, 1.82) is 0 Å². The van der Waals surface area contributed by atoms with Crippen molar-refractivity contribution in [2.45, 2.75) is 24.5 Å². The molecule has 2 N–H and O–H groups in total. The predicted octanol–water partition coefficient (Wildman–Crippen LogP) is 3.28. The van der Waals surface area contributed by atoms with E-state index in [4.69, 9.17) is 0 Å². The highest BCUT2D eigenvalue weighted by atomic mass is 35.5. The molecule has 1 aliphatic heterocycles. The summed E-state index contributed by atoms with van der Waals surface area (Å²) in [4.78, 5) is 12.3. The third kappa shape index (κ3) is 4.84. The molecule has 1 aliphatic rings. The van der Waals surface area contributed by atoms with E-state index in [9.17, 15) is 26.4 Å². The smallest absolute Gasteiger partial charge is 0.319 e. The molecule has 1 amide bonds. The second-order valence-corrected chi connectivity index (χ2v) is 8.18. The molecule has 3 rings (SSSR count). The van der Waals surface area contributed by atoms with Crippen LogP contribution in [0.2, 0.25) is 0 Å². The van der Waals surface area contributed by atoms with Crippen molar-refractivity contribution in [3.05, 3.63) is 64.5 Å². The summed E-state index contributed by atoms with van der Waals surface area (Å²) in [7, 11) is -4.54. The minimum absolute atomic E-state index is 0. The van der Waals surface area contributed by atoms with Gasteiger partial charge in [0.05, 0.1) is 11.4 Å². The zero-order valence-electron chi connectivity index (χ0n) is 14.5. The lowest BCUT2D eigenvalue weighted by molar-refractivity contribution is 0.102. The number of benzene rings is 2. The molecule has 152 valence electrons. The van der Waals surface area contributed by atoms with Crippen LogP contribution in [0.3, 0.4) is 0 Å². The van der Waals surface area contributed by atoms with Gasteiger partial charge in [-0.1, -0.05) is 18.2 Å². The molecular weight excluding hydrogens is 417 g/mol. The Kier molecular flexibility index (Phi) is 7.08. The zero-order chi connectivity index (χ0) is 19.6. The summed E-state index contributed by atoms with van der Waals surface area (Å²) in [6, 6.07) is 8.42. The van der Waals surface area contributed by atoms with Crippen LogP contribution in [0.25, 0.3) is 0 Å². The van der Waals surface area contributed by atoms with Crippen LogP contribution in [0, 0.1) is 5.82 Å². The maximum Gasteiger partial charge on any atom is 0.337 e. The SMILES string of the molecule is Cl.O=C(Nc1ccc2c(c1F)CCNC2)c1ccc(CS(=O)(=O)C(F)F)cc1. The first kappa shape index (κ1) is 22.2. The Morgan fingerprint density at radius 3 is 2.46 bits per heavy atom. The Morgan fingerprint density at radius 1 is 1.14 bits per heavy atom. The maximum absolute atomic E-state index is 14.6. The first-order valence-electron chi connectivity index (χ1n) is 8.19. The molecule has 0 spiro atoms. The van der Waals surface area contributed by atoms with Crippen LogP contribution in [-0.4, -0.2) is 26.6 Å². The fraction of sp³-hybridized carbons (Fsp3) is 0.278. The van der Waals surface area contributed by atoms with Crippen molar-refractivity contribution in [1.82, 2.24) is 5.32 Å². The number of amides is 1. The Morgan fingerprint density at radius 2 is 1.82 bits per heavy atom. The summed E-state index contributed by atoms with van der Waals surface area (Å²) >= 11 is 0. The molecule has 2 aromatic rings. The van der Waals surface area contributed by atoms with Gasteiger partial charge in [-0.05, 0) is 47.9 Å². The third-order valence-corrected chi connectivity index (χ3v) is 5.59. The topological polar surface area (TPSA) is 75.3 Å². The Labute approximate surface area is 166 Å². The number of carbonyl (C=O) groups excluding carboxylic acids is 1. The van der Waals surface area contributed by atoms with Crippen LogP contribution in [0.4, 0.5) is 18.9 Å². The second kappa shape index (κ2) is 8.93. The number of halogens is 4. The molecule has 0 atom stereocenters. The highest BCUT2D eigenvalue weighted by Gasteiger charge is 2.24. The highest BCUT2D eigenvalue weighted by Crippen LogP contribution is 2.25. The van der Waals surface area contributed by atoms with E-state index in [0.29, 0.717) is 25.1 Å². The molecule has 10 heteroatoms. The number of hydrogen-bond acceptors (Lipinski definition) is 4. The summed E-state index contributed by atoms with van der Waals surface area (Å²) in [6.07, 6.45) is 0.526. The van der Waals surface area contributed by atoms with E-state index >= 15 is 0 Å². The molecule has 2 aromatic carbocycles. The normalized spacial score (nSPS) is 13.6. The summed E-state index contributed by atoms with van der Waals surface area (Å²) in [5.74, 6) is -5.32. The first-order valence-corrected chi connectivity index (χ1v) is 9.90. The van der Waals surface area contributed by atoms with Crippen LogP contribution >= 0.6 is 12.4 Å². The van der Waals surface area contributed by atoms with Crippen LogP contribution in [-0.2, 0) is 28.6 Å². The average molecular weight is 435 g/mol. The van der Waals surface area contributed by atoms with Crippen molar-refractivity contribution in [3.63, 3.8) is 0 Å². The molecule has 0 unspecified atom stereocenters. The minimum Gasteiger partial charge on any atom is -0.319 e. The van der Waals surface area contributed by atoms with Gasteiger partial charge in [-0.3, -0.25) is 4.79 Å². The predicted molar refractivity (Wildman–Crippen MR) is 102 cm³/mol. The molecule has 5 nitrogen and oxygen atoms in total. The number of alkyl halides is 2. The van der Waals surface area contributed by atoms with Crippen molar-refractivity contribution in [2.24, 2.45) is 0 Å². The van der Waals surface area contributed by atoms with Gasteiger partial charge in [0.15, 0.2) is 0 Å². The van der Waals surface area contributed by atoms with Gasteiger partial charge in [-0.2, -0.15) is 8.78 Å². The summed E-state index contributed by atoms with van der Waals surface area (Å²) in [6.45, 7) is 1.23. The minimum atomic E-state index is -4.54. The average Bonchev–Trinajstić information content (AvgIpc) is 2.64. The van der Waals surface area contributed by atoms with Crippen LogP contribution in [0.15, 0.2) is 36.4 Å². The molecule has 0 fully saturated rings. The van der Waals surface area contributed by atoms with E-state index in [2.05, 4.69) is 10.6 Å². The van der Waals surface area contributed by atoms with Gasteiger partial charge in [0.2, 0.25) is 9.84 Å². The van der Waals surface area contributed by atoms with E-state index in [0.717, 1.165) is 5.56 Å². The number of rotatable bonds is 5. The molecule has 0 radical (unpaired) electrons. The quantitative estimate of drug-likeness (QED) is 0.757. The number of carbonyl (C=O) groups is 1. The van der Waals surface area contributed by atoms with Gasteiger partial charge in [0.25, 0.3) is 5.91 Å². The van der Waals surface area contributed by atoms with Gasteiger partial charge >= 0.3 is 5.76 Å². The van der Waals surface area contributed by atoms with Gasteiger partial charge in [0.1, 0.15) is 5.82 Å². The Bertz CT molecular complexity index is 967. The number of anilines is 1. The van der Waals surface area contributed by atoms with Crippen LogP contribution < -0.4 is 10.6 Å². The van der Waals surface area contributed by atoms with Crippen molar-refractivity contribution < 1.29 is 26.4 Å². The maximum atomic E-state index is 14.6. The summed E-state index contributed by atoms with van der Waals surface area (Å²) in [5.41, 5.74) is 1.77. The molecule has 1 heterocycles. The van der Waals surface area contributed by atoms with E-state index in [-0.39, 0.29) is 29.2 Å². The number of fused-ring (bicyclic) bond motifs is 1. The molecule has 28 heavy (non-hydrogen) atoms. The molecule has 0 aliphatic carbocycles. The van der Waals surface area contributed by atoms with Crippen molar-refractivity contribution in [2.75, 3.05) is 11.9 Å². The molecule has 0 aromatic heterocycles. The number of sulfone groups is 1. The van der Waals surface area contributed by atoms with Crippen molar-refractivity contribution in [3.8, 4) is 0 Å². The fourth-order valence-corrected chi connectivity index (χ4v) is 3.66. The lowest BCUT2D eigenvalue weighted by Gasteiger charge is -2.19. The van der Waals surface area contributed by atoms with Gasteiger partial charge < -0.3 is 10.6 Å². The molecule has 0 saturated carbocycles. The van der Waals surface area contributed by atoms with E-state index in [1.807, 2.05) is 0 Å². The molecule has 0 bridgehead atoms. The first-order chi connectivity index (χ1) is 12.8. The monoisotopic (exact) mass is 434 g/mol. The van der Waals surface area contributed by atoms with E-state index < -0.39 is 33.1 Å². The van der Waals surface area contributed by atoms with Crippen LogP contribution in [0.1, 0.15) is 27.0 Å².